The van der Waals surface area contributed by atoms with Crippen molar-refractivity contribution < 1.29 is 19.1 Å². The van der Waals surface area contributed by atoms with E-state index in [0.29, 0.717) is 13.0 Å². The SMILES string of the molecule is COC(=O)C[C@H]1Cc2c([nH]c3ccccc23)CN1C(=O)OCc1ccccc1. The van der Waals surface area contributed by atoms with Crippen molar-refractivity contribution in [2.24, 2.45) is 0 Å². The van der Waals surface area contributed by atoms with E-state index in [1.165, 1.54) is 7.11 Å². The third-order valence-corrected chi connectivity index (χ3v) is 5.18. The maximum Gasteiger partial charge on any atom is 0.410 e. The molecule has 0 radical (unpaired) electrons. The van der Waals surface area contributed by atoms with E-state index in [1.807, 2.05) is 48.5 Å². The third-order valence-electron chi connectivity index (χ3n) is 5.18. The molecule has 0 saturated carbocycles. The Morgan fingerprint density at radius 3 is 2.64 bits per heavy atom. The van der Waals surface area contributed by atoms with Gasteiger partial charge in [0, 0.05) is 16.6 Å². The number of H-pyrrole nitrogens is 1. The van der Waals surface area contributed by atoms with Crippen LogP contribution in [0.2, 0.25) is 0 Å². The van der Waals surface area contributed by atoms with E-state index in [0.717, 1.165) is 27.7 Å². The van der Waals surface area contributed by atoms with Crippen LogP contribution in [0.15, 0.2) is 54.6 Å². The zero-order valence-corrected chi connectivity index (χ0v) is 15.7. The molecule has 1 amide bonds. The molecule has 0 bridgehead atoms. The van der Waals surface area contributed by atoms with Crippen LogP contribution in [0, 0.1) is 0 Å². The first kappa shape index (κ1) is 18.1. The first-order valence-corrected chi connectivity index (χ1v) is 9.28. The highest BCUT2D eigenvalue weighted by Crippen LogP contribution is 2.31. The van der Waals surface area contributed by atoms with Crippen LogP contribution in [-0.4, -0.2) is 35.1 Å². The highest BCUT2D eigenvalue weighted by molar-refractivity contribution is 5.85. The summed E-state index contributed by atoms with van der Waals surface area (Å²) in [6, 6.07) is 17.3. The Labute approximate surface area is 163 Å². The number of rotatable bonds is 4. The monoisotopic (exact) mass is 378 g/mol. The van der Waals surface area contributed by atoms with Gasteiger partial charge in [-0.05, 0) is 23.6 Å². The number of carbonyl (C=O) groups excluding carboxylic acids is 2. The number of ether oxygens (including phenoxy) is 2. The van der Waals surface area contributed by atoms with Crippen molar-refractivity contribution >= 4 is 23.0 Å². The Hall–Kier alpha value is -3.28. The van der Waals surface area contributed by atoms with Crippen LogP contribution < -0.4 is 0 Å². The average molecular weight is 378 g/mol. The molecule has 0 spiro atoms. The van der Waals surface area contributed by atoms with Crippen molar-refractivity contribution in [3.63, 3.8) is 0 Å². The number of esters is 1. The van der Waals surface area contributed by atoms with Crippen LogP contribution in [0.3, 0.4) is 0 Å². The van der Waals surface area contributed by atoms with Crippen LogP contribution in [0.25, 0.3) is 10.9 Å². The minimum atomic E-state index is -0.429. The van der Waals surface area contributed by atoms with E-state index in [4.69, 9.17) is 9.47 Å². The molecular formula is C22H22N2O4. The van der Waals surface area contributed by atoms with Crippen LogP contribution in [-0.2, 0) is 33.8 Å². The fourth-order valence-corrected chi connectivity index (χ4v) is 3.74. The fourth-order valence-electron chi connectivity index (χ4n) is 3.74. The fraction of sp³-hybridized carbons (Fsp3) is 0.273. The zero-order chi connectivity index (χ0) is 19.5. The second kappa shape index (κ2) is 7.76. The molecule has 1 aromatic heterocycles. The maximum absolute atomic E-state index is 12.8. The summed E-state index contributed by atoms with van der Waals surface area (Å²) in [7, 11) is 1.36. The highest BCUT2D eigenvalue weighted by Gasteiger charge is 2.34. The van der Waals surface area contributed by atoms with Crippen molar-refractivity contribution in [1.29, 1.82) is 0 Å². The standard InChI is InChI=1S/C22H22N2O4/c1-27-21(25)12-16-11-18-17-9-5-6-10-19(17)23-20(18)13-24(16)22(26)28-14-15-7-3-2-4-8-15/h2-10,16,23H,11-14H2,1H3/t16-/m1/s1. The van der Waals surface area contributed by atoms with Gasteiger partial charge in [0.1, 0.15) is 6.61 Å². The van der Waals surface area contributed by atoms with Gasteiger partial charge in [-0.15, -0.1) is 0 Å². The quantitative estimate of drug-likeness (QED) is 0.701. The summed E-state index contributed by atoms with van der Waals surface area (Å²) in [4.78, 5) is 29.8. The molecule has 6 nitrogen and oxygen atoms in total. The molecule has 4 rings (SSSR count). The van der Waals surface area contributed by atoms with Gasteiger partial charge in [-0.1, -0.05) is 48.5 Å². The first-order valence-electron chi connectivity index (χ1n) is 9.28. The molecule has 0 fully saturated rings. The molecule has 6 heteroatoms. The van der Waals surface area contributed by atoms with E-state index >= 15 is 0 Å². The number of aromatic nitrogens is 1. The van der Waals surface area contributed by atoms with E-state index in [-0.39, 0.29) is 25.0 Å². The summed E-state index contributed by atoms with van der Waals surface area (Å²) in [5, 5.41) is 1.13. The molecule has 3 aromatic rings. The third kappa shape index (κ3) is 3.58. The molecule has 0 aliphatic carbocycles. The Morgan fingerprint density at radius 2 is 1.86 bits per heavy atom. The summed E-state index contributed by atoms with van der Waals surface area (Å²) < 4.78 is 10.4. The van der Waals surface area contributed by atoms with Crippen molar-refractivity contribution in [1.82, 2.24) is 9.88 Å². The Bertz CT molecular complexity index is 996. The minimum Gasteiger partial charge on any atom is -0.469 e. The number of amides is 1. The Balaban J connectivity index is 1.57. The lowest BCUT2D eigenvalue weighted by atomic mass is 9.95. The number of benzene rings is 2. The van der Waals surface area contributed by atoms with Crippen molar-refractivity contribution in [2.45, 2.75) is 32.0 Å². The van der Waals surface area contributed by atoms with Crippen LogP contribution in [0.1, 0.15) is 23.2 Å². The topological polar surface area (TPSA) is 71.6 Å². The van der Waals surface area contributed by atoms with Gasteiger partial charge in [0.05, 0.1) is 26.1 Å². The predicted molar refractivity (Wildman–Crippen MR) is 105 cm³/mol. The summed E-state index contributed by atoms with van der Waals surface area (Å²) in [5.74, 6) is -0.339. The van der Waals surface area contributed by atoms with E-state index in [2.05, 4.69) is 11.1 Å². The lowest BCUT2D eigenvalue weighted by Crippen LogP contribution is -2.45. The number of carbonyl (C=O) groups is 2. The van der Waals surface area contributed by atoms with E-state index in [9.17, 15) is 9.59 Å². The highest BCUT2D eigenvalue weighted by atomic mass is 16.6. The largest absolute Gasteiger partial charge is 0.469 e. The maximum atomic E-state index is 12.8. The second-order valence-corrected chi connectivity index (χ2v) is 6.93. The number of para-hydroxylation sites is 1. The molecule has 1 aliphatic heterocycles. The van der Waals surface area contributed by atoms with Gasteiger partial charge in [0.2, 0.25) is 0 Å². The van der Waals surface area contributed by atoms with Crippen molar-refractivity contribution in [3.05, 3.63) is 71.4 Å². The van der Waals surface area contributed by atoms with Crippen LogP contribution >= 0.6 is 0 Å². The number of hydrogen-bond donors (Lipinski definition) is 1. The summed E-state index contributed by atoms with van der Waals surface area (Å²) in [6.07, 6.45) is 0.284. The molecule has 1 atom stereocenters. The summed E-state index contributed by atoms with van der Waals surface area (Å²) in [5.41, 5.74) is 4.09. The van der Waals surface area contributed by atoms with E-state index < -0.39 is 6.09 Å². The van der Waals surface area contributed by atoms with Crippen molar-refractivity contribution in [2.75, 3.05) is 7.11 Å². The smallest absolute Gasteiger partial charge is 0.410 e. The van der Waals surface area contributed by atoms with Crippen molar-refractivity contribution in [3.8, 4) is 0 Å². The van der Waals surface area contributed by atoms with Gasteiger partial charge in [-0.3, -0.25) is 9.69 Å². The number of fused-ring (bicyclic) bond motifs is 3. The predicted octanol–water partition coefficient (Wildman–Crippen LogP) is 3.79. The molecule has 28 heavy (non-hydrogen) atoms. The number of methoxy groups -OCH3 is 1. The second-order valence-electron chi connectivity index (χ2n) is 6.93. The van der Waals surface area contributed by atoms with Gasteiger partial charge in [0.15, 0.2) is 0 Å². The molecule has 2 aromatic carbocycles. The normalized spacial score (nSPS) is 15.9. The number of aromatic amines is 1. The molecule has 0 unspecified atom stereocenters. The van der Waals surface area contributed by atoms with Gasteiger partial charge in [-0.2, -0.15) is 0 Å². The number of nitrogens with zero attached hydrogens (tertiary/aromatic N) is 1. The molecule has 144 valence electrons. The molecule has 2 heterocycles. The lowest BCUT2D eigenvalue weighted by molar-refractivity contribution is -0.142. The Morgan fingerprint density at radius 1 is 1.11 bits per heavy atom. The van der Waals surface area contributed by atoms with Crippen LogP contribution in [0.5, 0.6) is 0 Å². The van der Waals surface area contributed by atoms with E-state index in [1.54, 1.807) is 4.90 Å². The minimum absolute atomic E-state index is 0.135. The lowest BCUT2D eigenvalue weighted by Gasteiger charge is -2.34. The number of nitrogens with one attached hydrogen (secondary N) is 1. The molecule has 1 aliphatic rings. The first-order chi connectivity index (χ1) is 13.7. The average Bonchev–Trinajstić information content (AvgIpc) is 3.09. The Kier molecular flexibility index (Phi) is 5.02. The number of hydrogen-bond acceptors (Lipinski definition) is 4. The van der Waals surface area contributed by atoms with Gasteiger partial charge < -0.3 is 14.5 Å². The molecular weight excluding hydrogens is 356 g/mol. The van der Waals surface area contributed by atoms with Gasteiger partial charge >= 0.3 is 12.1 Å². The van der Waals surface area contributed by atoms with Gasteiger partial charge in [0.25, 0.3) is 0 Å². The summed E-state index contributed by atoms with van der Waals surface area (Å²) >= 11 is 0. The molecule has 0 saturated heterocycles. The van der Waals surface area contributed by atoms with Crippen LogP contribution in [0.4, 0.5) is 4.79 Å². The zero-order valence-electron chi connectivity index (χ0n) is 15.7. The summed E-state index contributed by atoms with van der Waals surface area (Å²) in [6.45, 7) is 0.569. The van der Waals surface area contributed by atoms with Gasteiger partial charge in [-0.25, -0.2) is 4.79 Å². The molecule has 1 N–H and O–H groups in total.